The molecule has 1 saturated heterocycles. The average Bonchev–Trinajstić information content (AvgIpc) is 2.98. The molecule has 1 aromatic carbocycles. The van der Waals surface area contributed by atoms with Crippen molar-refractivity contribution < 1.29 is 9.18 Å². The number of carbonyl (C=O) groups excluding carboxylic acids is 1. The van der Waals surface area contributed by atoms with E-state index >= 15 is 0 Å². The molecule has 7 heteroatoms. The second-order valence-electron chi connectivity index (χ2n) is 3.82. The smallest absolute Gasteiger partial charge is 0.236 e. The van der Waals surface area contributed by atoms with Gasteiger partial charge in [-0.2, -0.15) is 5.10 Å². The first kappa shape index (κ1) is 12.3. The lowest BCUT2D eigenvalue weighted by molar-refractivity contribution is -0.116. The van der Waals surface area contributed by atoms with Crippen LogP contribution in [0.5, 0.6) is 0 Å². The molecule has 0 atom stereocenters. The van der Waals surface area contributed by atoms with E-state index in [9.17, 15) is 9.18 Å². The third-order valence-electron chi connectivity index (χ3n) is 2.49. The van der Waals surface area contributed by atoms with Crippen LogP contribution in [0.3, 0.4) is 0 Å². The van der Waals surface area contributed by atoms with Gasteiger partial charge in [-0.1, -0.05) is 11.8 Å². The molecule has 0 saturated carbocycles. The van der Waals surface area contributed by atoms with Gasteiger partial charge in [0.1, 0.15) is 5.82 Å². The number of hydrogen-bond donors (Lipinski definition) is 1. The number of benzene rings is 1. The van der Waals surface area contributed by atoms with E-state index in [1.54, 1.807) is 6.07 Å². The minimum Gasteiger partial charge on any atom is -0.303 e. The van der Waals surface area contributed by atoms with Crippen LogP contribution in [0.25, 0.3) is 10.1 Å². The van der Waals surface area contributed by atoms with Gasteiger partial charge in [-0.15, -0.1) is 16.4 Å². The minimum atomic E-state index is -0.267. The van der Waals surface area contributed by atoms with E-state index in [1.807, 2.05) is 11.4 Å². The van der Waals surface area contributed by atoms with Gasteiger partial charge in [-0.05, 0) is 29.1 Å². The molecular formula is C12H8FN3OS2. The molecular weight excluding hydrogens is 285 g/mol. The van der Waals surface area contributed by atoms with Gasteiger partial charge in [0.15, 0.2) is 5.17 Å². The van der Waals surface area contributed by atoms with Gasteiger partial charge in [0, 0.05) is 10.1 Å². The number of fused-ring (bicyclic) bond motifs is 1. The summed E-state index contributed by atoms with van der Waals surface area (Å²) in [5, 5.41) is 13.2. The van der Waals surface area contributed by atoms with Crippen molar-refractivity contribution in [3.05, 3.63) is 35.0 Å². The monoisotopic (exact) mass is 293 g/mol. The summed E-state index contributed by atoms with van der Waals surface area (Å²) in [4.78, 5) is 10.9. The van der Waals surface area contributed by atoms with Crippen LogP contribution in [-0.2, 0) is 4.79 Å². The lowest BCUT2D eigenvalue weighted by atomic mass is 10.2. The van der Waals surface area contributed by atoms with Crippen LogP contribution in [0.15, 0.2) is 33.8 Å². The molecule has 0 unspecified atom stereocenters. The van der Waals surface area contributed by atoms with E-state index in [1.165, 1.54) is 35.4 Å². The number of halogens is 1. The Morgan fingerprint density at radius 1 is 1.42 bits per heavy atom. The van der Waals surface area contributed by atoms with Gasteiger partial charge in [0.05, 0.1) is 12.0 Å². The Labute approximate surface area is 116 Å². The molecule has 0 spiro atoms. The first-order valence-corrected chi connectivity index (χ1v) is 7.29. The highest BCUT2D eigenvalue weighted by Gasteiger charge is 2.15. The van der Waals surface area contributed by atoms with Crippen LogP contribution in [0, 0.1) is 5.82 Å². The maximum Gasteiger partial charge on any atom is 0.236 e. The van der Waals surface area contributed by atoms with Crippen LogP contribution in [-0.4, -0.2) is 23.0 Å². The zero-order chi connectivity index (χ0) is 13.2. The van der Waals surface area contributed by atoms with Crippen LogP contribution in [0.2, 0.25) is 0 Å². The topological polar surface area (TPSA) is 53.8 Å². The molecule has 1 aromatic heterocycles. The fourth-order valence-corrected chi connectivity index (χ4v) is 3.13. The highest BCUT2D eigenvalue weighted by Crippen LogP contribution is 2.24. The SMILES string of the molecule is O=C1CSC(=NN=Cc2cc(F)c3ccsc3c2)N1. The standard InChI is InChI=1S/C12H8FN3OS2/c13-9-3-7(4-10-8(9)1-2-18-10)5-14-16-12-15-11(17)6-19-12/h1-5H,6H2,(H,15,16,17). The van der Waals surface area contributed by atoms with Crippen molar-refractivity contribution in [2.24, 2.45) is 10.2 Å². The predicted octanol–water partition coefficient (Wildman–Crippen LogP) is 2.59. The van der Waals surface area contributed by atoms with E-state index in [4.69, 9.17) is 0 Å². The molecule has 1 aliphatic heterocycles. The van der Waals surface area contributed by atoms with E-state index in [0.29, 0.717) is 21.9 Å². The summed E-state index contributed by atoms with van der Waals surface area (Å²) in [6, 6.07) is 5.02. The molecule has 1 N–H and O–H groups in total. The maximum absolute atomic E-state index is 13.7. The minimum absolute atomic E-state index is 0.0787. The Morgan fingerprint density at radius 3 is 3.11 bits per heavy atom. The van der Waals surface area contributed by atoms with Gasteiger partial charge >= 0.3 is 0 Å². The molecule has 1 aliphatic rings. The van der Waals surface area contributed by atoms with E-state index in [0.717, 1.165) is 4.70 Å². The number of thiophene rings is 1. The zero-order valence-electron chi connectivity index (χ0n) is 9.59. The fraction of sp³-hybridized carbons (Fsp3) is 0.0833. The molecule has 4 nitrogen and oxygen atoms in total. The Balaban J connectivity index is 1.83. The second-order valence-corrected chi connectivity index (χ2v) is 5.73. The van der Waals surface area contributed by atoms with Crippen molar-refractivity contribution in [2.75, 3.05) is 5.75 Å². The van der Waals surface area contributed by atoms with Crippen LogP contribution < -0.4 is 5.32 Å². The Kier molecular flexibility index (Phi) is 3.31. The molecule has 2 heterocycles. The number of hydrogen-bond acceptors (Lipinski definition) is 5. The number of rotatable bonds is 2. The van der Waals surface area contributed by atoms with Crippen LogP contribution in [0.4, 0.5) is 4.39 Å². The lowest BCUT2D eigenvalue weighted by Crippen LogP contribution is -2.19. The molecule has 3 rings (SSSR count). The summed E-state index contributed by atoms with van der Waals surface area (Å²) in [6.45, 7) is 0. The number of thioether (sulfide) groups is 1. The van der Waals surface area contributed by atoms with E-state index in [2.05, 4.69) is 15.5 Å². The normalized spacial score (nSPS) is 17.7. The van der Waals surface area contributed by atoms with E-state index in [-0.39, 0.29) is 11.7 Å². The first-order valence-electron chi connectivity index (χ1n) is 5.43. The number of amidine groups is 1. The largest absolute Gasteiger partial charge is 0.303 e. The summed E-state index contributed by atoms with van der Waals surface area (Å²) >= 11 is 2.77. The van der Waals surface area contributed by atoms with Gasteiger partial charge in [-0.3, -0.25) is 4.79 Å². The van der Waals surface area contributed by atoms with E-state index < -0.39 is 0 Å². The molecule has 1 amide bonds. The van der Waals surface area contributed by atoms with Crippen LogP contribution >= 0.6 is 23.1 Å². The molecule has 96 valence electrons. The highest BCUT2D eigenvalue weighted by atomic mass is 32.2. The summed E-state index contributed by atoms with van der Waals surface area (Å²) in [7, 11) is 0. The zero-order valence-corrected chi connectivity index (χ0v) is 11.2. The number of carbonyl (C=O) groups is 1. The third-order valence-corrected chi connectivity index (χ3v) is 4.21. The molecule has 2 aromatic rings. The maximum atomic E-state index is 13.7. The average molecular weight is 293 g/mol. The Morgan fingerprint density at radius 2 is 2.32 bits per heavy atom. The Hall–Kier alpha value is -1.73. The molecule has 0 radical (unpaired) electrons. The van der Waals surface area contributed by atoms with Crippen molar-refractivity contribution in [3.63, 3.8) is 0 Å². The van der Waals surface area contributed by atoms with Gasteiger partial charge in [0.2, 0.25) is 5.91 Å². The second kappa shape index (κ2) is 5.10. The van der Waals surface area contributed by atoms with Crippen molar-refractivity contribution >= 4 is 50.5 Å². The first-order chi connectivity index (χ1) is 9.22. The quantitative estimate of drug-likeness (QED) is 0.683. The van der Waals surface area contributed by atoms with Crippen LogP contribution in [0.1, 0.15) is 5.56 Å². The van der Waals surface area contributed by atoms with Gasteiger partial charge in [0.25, 0.3) is 0 Å². The number of amides is 1. The third kappa shape index (κ3) is 2.66. The number of nitrogens with one attached hydrogen (secondary N) is 1. The highest BCUT2D eigenvalue weighted by molar-refractivity contribution is 8.15. The summed E-state index contributed by atoms with van der Waals surface area (Å²) < 4.78 is 14.6. The Bertz CT molecular complexity index is 708. The molecule has 0 aliphatic carbocycles. The van der Waals surface area contributed by atoms with Gasteiger partial charge < -0.3 is 5.32 Å². The molecule has 0 bridgehead atoms. The molecule has 1 fully saturated rings. The van der Waals surface area contributed by atoms with Crippen molar-refractivity contribution in [3.8, 4) is 0 Å². The summed E-state index contributed by atoms with van der Waals surface area (Å²) in [6.07, 6.45) is 1.47. The number of nitrogens with zero attached hydrogens (tertiary/aromatic N) is 2. The van der Waals surface area contributed by atoms with Crippen molar-refractivity contribution in [1.29, 1.82) is 0 Å². The van der Waals surface area contributed by atoms with Crippen molar-refractivity contribution in [2.45, 2.75) is 0 Å². The summed E-state index contributed by atoms with van der Waals surface area (Å²) in [5.74, 6) is 0.0193. The molecule has 19 heavy (non-hydrogen) atoms. The fourth-order valence-electron chi connectivity index (χ4n) is 1.65. The lowest BCUT2D eigenvalue weighted by Gasteiger charge is -1.95. The summed E-state index contributed by atoms with van der Waals surface area (Å²) in [5.41, 5.74) is 0.645. The predicted molar refractivity (Wildman–Crippen MR) is 77.4 cm³/mol. The van der Waals surface area contributed by atoms with Crippen molar-refractivity contribution in [1.82, 2.24) is 5.32 Å². The van der Waals surface area contributed by atoms with Gasteiger partial charge in [-0.25, -0.2) is 4.39 Å².